The van der Waals surface area contributed by atoms with Gasteiger partial charge >= 0.3 is 0 Å². The number of quaternary nitrogens is 2. The molecule has 0 aromatic heterocycles. The highest BCUT2D eigenvalue weighted by atomic mass is 79.9. The monoisotopic (exact) mass is 686 g/mol. The van der Waals surface area contributed by atoms with Crippen molar-refractivity contribution >= 4 is 10.1 Å². The van der Waals surface area contributed by atoms with Crippen LogP contribution in [0, 0.1) is 0 Å². The highest BCUT2D eigenvalue weighted by Gasteiger charge is 2.25. The summed E-state index contributed by atoms with van der Waals surface area (Å²) in [6.07, 6.45) is 22.5. The van der Waals surface area contributed by atoms with Gasteiger partial charge in [-0.3, -0.25) is 0 Å². The molecule has 0 spiro atoms. The van der Waals surface area contributed by atoms with Crippen LogP contribution in [0.1, 0.15) is 171 Å². The third-order valence-electron chi connectivity index (χ3n) is 8.34. The lowest BCUT2D eigenvalue weighted by atomic mass is 10.1. The first-order valence-electron chi connectivity index (χ1n) is 18.2. The topological polar surface area (TPSA) is 57.2 Å². The summed E-state index contributed by atoms with van der Waals surface area (Å²) in [7, 11) is -3.92. The van der Waals surface area contributed by atoms with E-state index >= 15 is 0 Å². The molecule has 0 unspecified atom stereocenters. The van der Waals surface area contributed by atoms with Crippen LogP contribution >= 0.6 is 0 Å². The van der Waals surface area contributed by atoms with Crippen LogP contribution in [0.3, 0.4) is 0 Å². The van der Waals surface area contributed by atoms with Crippen molar-refractivity contribution in [1.29, 1.82) is 0 Å². The van der Waals surface area contributed by atoms with Crippen LogP contribution in [0.4, 0.5) is 0 Å². The number of nitrogens with zero attached hydrogens (tertiary/aromatic N) is 2. The summed E-state index contributed by atoms with van der Waals surface area (Å²) < 4.78 is 31.9. The molecule has 0 saturated heterocycles. The van der Waals surface area contributed by atoms with Gasteiger partial charge in [-0.15, -0.1) is 0 Å². The first kappa shape index (κ1) is 49.2. The smallest absolute Gasteiger partial charge is 0.0945 e. The molecule has 0 aromatic carbocycles. The first-order valence-corrected chi connectivity index (χ1v) is 19.8. The molecule has 0 radical (unpaired) electrons. The van der Waals surface area contributed by atoms with Gasteiger partial charge in [0.25, 0.3) is 0 Å². The van der Waals surface area contributed by atoms with Crippen molar-refractivity contribution in [3.05, 3.63) is 0 Å². The molecular formula is C35H79BrN2O3S. The van der Waals surface area contributed by atoms with Crippen LogP contribution in [0.5, 0.6) is 0 Å². The predicted molar refractivity (Wildman–Crippen MR) is 184 cm³/mol. The highest BCUT2D eigenvalue weighted by Crippen LogP contribution is 2.17. The van der Waals surface area contributed by atoms with Crippen molar-refractivity contribution in [3.8, 4) is 0 Å². The van der Waals surface area contributed by atoms with Crippen molar-refractivity contribution in [2.24, 2.45) is 0 Å². The maximum atomic E-state index is 9.68. The largest absolute Gasteiger partial charge is 1.00 e. The molecule has 0 fully saturated rings. The lowest BCUT2D eigenvalue weighted by molar-refractivity contribution is -0.929. The zero-order valence-electron chi connectivity index (χ0n) is 30.3. The Morgan fingerprint density at radius 2 is 0.548 bits per heavy atom. The van der Waals surface area contributed by atoms with Gasteiger partial charge in [0.2, 0.25) is 0 Å². The van der Waals surface area contributed by atoms with Gasteiger partial charge in [0.15, 0.2) is 0 Å². The van der Waals surface area contributed by atoms with Crippen LogP contribution in [-0.4, -0.2) is 80.0 Å². The van der Waals surface area contributed by atoms with E-state index in [0.29, 0.717) is 6.42 Å². The zero-order valence-corrected chi connectivity index (χ0v) is 32.7. The third-order valence-corrected chi connectivity index (χ3v) is 9.25. The Kier molecular flexibility index (Phi) is 40.0. The highest BCUT2D eigenvalue weighted by molar-refractivity contribution is 7.85. The second kappa shape index (κ2) is 34.2. The molecule has 260 valence electrons. The molecule has 0 aliphatic rings. The molecule has 0 aromatic rings. The predicted octanol–water partition coefficient (Wildman–Crippen LogP) is 6.95. The third kappa shape index (κ3) is 31.7. The number of hydrogen-bond acceptors (Lipinski definition) is 3. The van der Waals surface area contributed by atoms with Crippen LogP contribution in [-0.2, 0) is 10.1 Å². The summed E-state index contributed by atoms with van der Waals surface area (Å²) in [5.41, 5.74) is 0. The summed E-state index contributed by atoms with van der Waals surface area (Å²) in [6.45, 7) is 31.7. The minimum absolute atomic E-state index is 0. The summed E-state index contributed by atoms with van der Waals surface area (Å²) in [5.74, 6) is -0.243. The maximum Gasteiger partial charge on any atom is 0.0945 e. The van der Waals surface area contributed by atoms with Gasteiger partial charge in [-0.05, 0) is 57.8 Å². The van der Waals surface area contributed by atoms with E-state index in [4.69, 9.17) is 0 Å². The molecular weight excluding hydrogens is 608 g/mol. The summed E-state index contributed by atoms with van der Waals surface area (Å²) in [6, 6.07) is 0. The molecule has 0 bridgehead atoms. The lowest BCUT2D eigenvalue weighted by Gasteiger charge is -2.39. The molecule has 0 amide bonds. The van der Waals surface area contributed by atoms with E-state index in [2.05, 4.69) is 55.4 Å². The van der Waals surface area contributed by atoms with Gasteiger partial charge in [-0.2, -0.15) is 0 Å². The van der Waals surface area contributed by atoms with E-state index < -0.39 is 10.1 Å². The SMILES string of the molecule is CCCC[N+](CCCC)(CCCC)CCCC.CCCC[N+](CCCC)(CCCC)CCCC.CCCS(=O)(=O)[O-].[Br-]. The van der Waals surface area contributed by atoms with Gasteiger partial charge in [-0.1, -0.05) is 114 Å². The summed E-state index contributed by atoms with van der Waals surface area (Å²) in [5, 5.41) is 0. The number of hydrogen-bond donors (Lipinski definition) is 0. The second-order valence-electron chi connectivity index (χ2n) is 12.6. The van der Waals surface area contributed by atoms with E-state index in [1.54, 1.807) is 6.92 Å². The molecule has 5 nitrogen and oxygen atoms in total. The first-order chi connectivity index (χ1) is 19.5. The summed E-state index contributed by atoms with van der Waals surface area (Å²) >= 11 is 0. The number of rotatable bonds is 26. The van der Waals surface area contributed by atoms with Crippen LogP contribution in [0.2, 0.25) is 0 Å². The average molecular weight is 688 g/mol. The summed E-state index contributed by atoms with van der Waals surface area (Å²) in [4.78, 5) is 0. The van der Waals surface area contributed by atoms with E-state index in [1.165, 1.54) is 164 Å². The van der Waals surface area contributed by atoms with Crippen LogP contribution in [0.25, 0.3) is 0 Å². The Balaban J connectivity index is -0.000000276. The Labute approximate surface area is 277 Å². The molecule has 42 heavy (non-hydrogen) atoms. The quantitative estimate of drug-likeness (QED) is 0.0731. The van der Waals surface area contributed by atoms with Crippen LogP contribution in [0.15, 0.2) is 0 Å². The minimum atomic E-state index is -3.92. The fourth-order valence-corrected chi connectivity index (χ4v) is 6.04. The molecule has 7 heteroatoms. The van der Waals surface area contributed by atoms with Crippen molar-refractivity contribution in [3.63, 3.8) is 0 Å². The van der Waals surface area contributed by atoms with Gasteiger partial charge in [0.1, 0.15) is 0 Å². The Morgan fingerprint density at radius 3 is 0.619 bits per heavy atom. The van der Waals surface area contributed by atoms with E-state index in [9.17, 15) is 13.0 Å². The number of halogens is 1. The molecule has 0 N–H and O–H groups in total. The Bertz CT molecular complexity index is 506. The van der Waals surface area contributed by atoms with Crippen molar-refractivity contribution in [2.45, 2.75) is 171 Å². The Hall–Kier alpha value is 0.310. The van der Waals surface area contributed by atoms with Crippen molar-refractivity contribution in [1.82, 2.24) is 0 Å². The standard InChI is InChI=1S/2C16H36N.C3H8O3S.BrH/c2*1-5-9-13-17(14-10-6-2,15-11-7-3)16-12-8-4;1-2-3-7(4,5)6;/h2*5-16H2,1-4H3;2-3H2,1H3,(H,4,5,6);1H/q2*+1;;/p-2. The molecule has 0 heterocycles. The molecule has 0 aliphatic carbocycles. The lowest BCUT2D eigenvalue weighted by Crippen LogP contribution is -3.00. The minimum Gasteiger partial charge on any atom is -1.00 e. The number of unbranched alkanes of at least 4 members (excludes halogenated alkanes) is 8. The van der Waals surface area contributed by atoms with Crippen molar-refractivity contribution in [2.75, 3.05) is 58.1 Å². The van der Waals surface area contributed by atoms with E-state index in [-0.39, 0.29) is 22.7 Å². The molecule has 0 atom stereocenters. The fourth-order valence-electron chi connectivity index (χ4n) is 5.54. The van der Waals surface area contributed by atoms with Crippen molar-refractivity contribution < 1.29 is 38.9 Å². The van der Waals surface area contributed by atoms with Gasteiger partial charge in [-0.25, -0.2) is 8.42 Å². The normalized spacial score (nSPS) is 11.7. The molecule has 0 aliphatic heterocycles. The molecule has 0 saturated carbocycles. The van der Waals surface area contributed by atoms with E-state index in [1.807, 2.05) is 0 Å². The van der Waals surface area contributed by atoms with E-state index in [0.717, 1.165) is 0 Å². The average Bonchev–Trinajstić information content (AvgIpc) is 2.95. The Morgan fingerprint density at radius 1 is 0.381 bits per heavy atom. The second-order valence-corrected chi connectivity index (χ2v) is 14.1. The maximum absolute atomic E-state index is 9.68. The van der Waals surface area contributed by atoms with Gasteiger partial charge in [0, 0.05) is 5.75 Å². The molecule has 0 rings (SSSR count). The fraction of sp³-hybridized carbons (Fsp3) is 1.00. The van der Waals surface area contributed by atoms with Gasteiger partial charge < -0.3 is 30.5 Å². The van der Waals surface area contributed by atoms with Gasteiger partial charge in [0.05, 0.1) is 62.5 Å². The zero-order chi connectivity index (χ0) is 31.9. The van der Waals surface area contributed by atoms with Crippen LogP contribution < -0.4 is 17.0 Å².